The maximum Gasteiger partial charge on any atom is 0.327 e. The monoisotopic (exact) mass is 245 g/mol. The number of unbranched alkanes of at least 4 members (excludes halogenated alkanes) is 2. The molecular formula is C11H19NO3S. The summed E-state index contributed by atoms with van der Waals surface area (Å²) in [5.74, 6) is -0.495. The Morgan fingerprint density at radius 1 is 1.44 bits per heavy atom. The Morgan fingerprint density at radius 2 is 2.12 bits per heavy atom. The molecule has 1 amide bonds. The summed E-state index contributed by atoms with van der Waals surface area (Å²) < 4.78 is 0. The first-order chi connectivity index (χ1) is 7.57. The van der Waals surface area contributed by atoms with Gasteiger partial charge in [-0.25, -0.2) is 4.79 Å². The number of thioether (sulfide) groups is 1. The molecule has 1 aliphatic heterocycles. The maximum absolute atomic E-state index is 11.5. The standard InChI is InChI=1S/C11H19NO3S/c1-3-4-5-6-10-12(8(2)13)9(7-16-10)11(14)15/h9-10H,3-7H2,1-2H3,(H,14,15). The Labute approximate surface area is 100 Å². The molecule has 1 saturated heterocycles. The van der Waals surface area contributed by atoms with Crippen molar-refractivity contribution in [3.05, 3.63) is 0 Å². The second-order valence-electron chi connectivity index (χ2n) is 4.06. The van der Waals surface area contributed by atoms with E-state index in [1.807, 2.05) is 0 Å². The summed E-state index contributed by atoms with van der Waals surface area (Å²) >= 11 is 1.59. The normalized spacial score (nSPS) is 24.8. The van der Waals surface area contributed by atoms with Crippen molar-refractivity contribution in [3.8, 4) is 0 Å². The molecule has 0 spiro atoms. The molecule has 0 saturated carbocycles. The zero-order chi connectivity index (χ0) is 12.1. The van der Waals surface area contributed by atoms with Crippen LogP contribution in [-0.2, 0) is 9.59 Å². The van der Waals surface area contributed by atoms with Crippen LogP contribution in [0.2, 0.25) is 0 Å². The molecule has 0 aromatic heterocycles. The summed E-state index contributed by atoms with van der Waals surface area (Å²) in [6, 6.07) is -0.630. The molecular weight excluding hydrogens is 226 g/mol. The average Bonchev–Trinajstić information content (AvgIpc) is 2.62. The van der Waals surface area contributed by atoms with E-state index in [1.54, 1.807) is 11.8 Å². The van der Waals surface area contributed by atoms with E-state index in [0.717, 1.165) is 25.7 Å². The fourth-order valence-corrected chi connectivity index (χ4v) is 3.46. The van der Waals surface area contributed by atoms with Gasteiger partial charge in [0.15, 0.2) is 0 Å². The van der Waals surface area contributed by atoms with Crippen molar-refractivity contribution < 1.29 is 14.7 Å². The topological polar surface area (TPSA) is 57.6 Å². The molecule has 1 rings (SSSR count). The van der Waals surface area contributed by atoms with Crippen LogP contribution in [0.1, 0.15) is 39.5 Å². The van der Waals surface area contributed by atoms with Gasteiger partial charge in [-0.1, -0.05) is 26.2 Å². The van der Waals surface area contributed by atoms with E-state index in [4.69, 9.17) is 5.11 Å². The van der Waals surface area contributed by atoms with Crippen molar-refractivity contribution in [1.82, 2.24) is 4.90 Å². The Balaban J connectivity index is 2.57. The number of hydrogen-bond acceptors (Lipinski definition) is 3. The molecule has 5 heteroatoms. The number of rotatable bonds is 5. The second kappa shape index (κ2) is 6.13. The average molecular weight is 245 g/mol. The molecule has 0 bridgehead atoms. The molecule has 0 aromatic rings. The number of aliphatic carboxylic acids is 1. The Kier molecular flexibility index (Phi) is 5.12. The first-order valence-electron chi connectivity index (χ1n) is 5.71. The van der Waals surface area contributed by atoms with Crippen LogP contribution in [0.25, 0.3) is 0 Å². The van der Waals surface area contributed by atoms with Crippen LogP contribution in [0.5, 0.6) is 0 Å². The summed E-state index contributed by atoms with van der Waals surface area (Å²) in [6.45, 7) is 3.58. The van der Waals surface area contributed by atoms with E-state index in [-0.39, 0.29) is 11.3 Å². The van der Waals surface area contributed by atoms with E-state index in [0.29, 0.717) is 5.75 Å². The third kappa shape index (κ3) is 3.14. The predicted octanol–water partition coefficient (Wildman–Crippen LogP) is 1.94. The summed E-state index contributed by atoms with van der Waals surface area (Å²) in [5.41, 5.74) is 0. The first-order valence-corrected chi connectivity index (χ1v) is 6.76. The zero-order valence-electron chi connectivity index (χ0n) is 9.81. The lowest BCUT2D eigenvalue weighted by Crippen LogP contribution is -2.44. The van der Waals surface area contributed by atoms with Gasteiger partial charge in [0.1, 0.15) is 6.04 Å². The summed E-state index contributed by atoms with van der Waals surface area (Å²) in [6.07, 6.45) is 4.24. The van der Waals surface area contributed by atoms with Crippen LogP contribution in [-0.4, -0.2) is 39.1 Å². The summed E-state index contributed by atoms with van der Waals surface area (Å²) in [4.78, 5) is 24.0. The van der Waals surface area contributed by atoms with Crippen LogP contribution in [0.3, 0.4) is 0 Å². The first kappa shape index (κ1) is 13.4. The third-order valence-corrected chi connectivity index (χ3v) is 4.15. The van der Waals surface area contributed by atoms with Crippen molar-refractivity contribution in [2.24, 2.45) is 0 Å². The highest BCUT2D eigenvalue weighted by Crippen LogP contribution is 2.32. The number of nitrogens with zero attached hydrogens (tertiary/aromatic N) is 1. The van der Waals surface area contributed by atoms with Crippen molar-refractivity contribution in [2.45, 2.75) is 50.9 Å². The number of carboxylic acids is 1. The van der Waals surface area contributed by atoms with Crippen molar-refractivity contribution >= 4 is 23.6 Å². The Bertz CT molecular complexity index is 270. The lowest BCUT2D eigenvalue weighted by Gasteiger charge is -2.25. The molecule has 1 heterocycles. The van der Waals surface area contributed by atoms with E-state index in [2.05, 4.69) is 6.92 Å². The van der Waals surface area contributed by atoms with Crippen LogP contribution >= 0.6 is 11.8 Å². The lowest BCUT2D eigenvalue weighted by molar-refractivity contribution is -0.148. The molecule has 1 aliphatic rings. The molecule has 4 nitrogen and oxygen atoms in total. The van der Waals surface area contributed by atoms with Gasteiger partial charge in [-0.3, -0.25) is 4.79 Å². The summed E-state index contributed by atoms with van der Waals surface area (Å²) in [7, 11) is 0. The highest BCUT2D eigenvalue weighted by Gasteiger charge is 2.39. The van der Waals surface area contributed by atoms with E-state index in [9.17, 15) is 9.59 Å². The number of carbonyl (C=O) groups is 2. The van der Waals surface area contributed by atoms with Gasteiger partial charge in [0.2, 0.25) is 5.91 Å². The fourth-order valence-electron chi connectivity index (χ4n) is 1.97. The largest absolute Gasteiger partial charge is 0.480 e. The highest BCUT2D eigenvalue weighted by molar-refractivity contribution is 8.00. The minimum atomic E-state index is -0.888. The molecule has 0 radical (unpaired) electrons. The van der Waals surface area contributed by atoms with Gasteiger partial charge in [0.25, 0.3) is 0 Å². The van der Waals surface area contributed by atoms with Gasteiger partial charge in [-0.05, 0) is 6.42 Å². The molecule has 92 valence electrons. The maximum atomic E-state index is 11.5. The van der Waals surface area contributed by atoms with Crippen LogP contribution in [0.15, 0.2) is 0 Å². The van der Waals surface area contributed by atoms with Crippen molar-refractivity contribution in [3.63, 3.8) is 0 Å². The second-order valence-corrected chi connectivity index (χ2v) is 5.27. The van der Waals surface area contributed by atoms with E-state index in [1.165, 1.54) is 11.8 Å². The number of carbonyl (C=O) groups excluding carboxylic acids is 1. The fraction of sp³-hybridized carbons (Fsp3) is 0.818. The highest BCUT2D eigenvalue weighted by atomic mass is 32.2. The van der Waals surface area contributed by atoms with Gasteiger partial charge in [0.05, 0.1) is 5.37 Å². The Hall–Kier alpha value is -0.710. The number of hydrogen-bond donors (Lipinski definition) is 1. The van der Waals surface area contributed by atoms with Gasteiger partial charge in [0, 0.05) is 12.7 Å². The van der Waals surface area contributed by atoms with Gasteiger partial charge >= 0.3 is 5.97 Å². The SMILES string of the molecule is CCCCCC1SCC(C(=O)O)N1C(C)=O. The number of carboxylic acid groups (broad SMARTS) is 1. The minimum Gasteiger partial charge on any atom is -0.480 e. The lowest BCUT2D eigenvalue weighted by atomic mass is 10.2. The third-order valence-electron chi connectivity index (χ3n) is 2.80. The predicted molar refractivity (Wildman–Crippen MR) is 64.3 cm³/mol. The molecule has 1 N–H and O–H groups in total. The molecule has 2 atom stereocenters. The molecule has 1 fully saturated rings. The molecule has 0 aliphatic carbocycles. The van der Waals surface area contributed by atoms with Crippen LogP contribution in [0.4, 0.5) is 0 Å². The van der Waals surface area contributed by atoms with Crippen molar-refractivity contribution in [2.75, 3.05) is 5.75 Å². The van der Waals surface area contributed by atoms with Gasteiger partial charge < -0.3 is 10.0 Å². The van der Waals surface area contributed by atoms with E-state index < -0.39 is 12.0 Å². The summed E-state index contributed by atoms with van der Waals surface area (Å²) in [5, 5.41) is 9.08. The van der Waals surface area contributed by atoms with Crippen LogP contribution < -0.4 is 0 Å². The van der Waals surface area contributed by atoms with Gasteiger partial charge in [-0.15, -0.1) is 11.8 Å². The Morgan fingerprint density at radius 3 is 2.62 bits per heavy atom. The smallest absolute Gasteiger partial charge is 0.327 e. The minimum absolute atomic E-state index is 0.0603. The quantitative estimate of drug-likeness (QED) is 0.752. The molecule has 16 heavy (non-hydrogen) atoms. The molecule has 2 unspecified atom stereocenters. The molecule has 0 aromatic carbocycles. The van der Waals surface area contributed by atoms with Crippen molar-refractivity contribution in [1.29, 1.82) is 0 Å². The van der Waals surface area contributed by atoms with Crippen LogP contribution in [0, 0.1) is 0 Å². The number of amides is 1. The van der Waals surface area contributed by atoms with E-state index >= 15 is 0 Å². The zero-order valence-corrected chi connectivity index (χ0v) is 10.6. The van der Waals surface area contributed by atoms with Gasteiger partial charge in [-0.2, -0.15) is 0 Å².